The molecule has 0 aromatic carbocycles. The van der Waals surface area contributed by atoms with E-state index < -0.39 is 5.97 Å². The van der Waals surface area contributed by atoms with Gasteiger partial charge in [-0.1, -0.05) is 6.42 Å². The van der Waals surface area contributed by atoms with Gasteiger partial charge in [0.05, 0.1) is 0 Å². The second-order valence-electron chi connectivity index (χ2n) is 7.39. The minimum absolute atomic E-state index is 0.0102. The van der Waals surface area contributed by atoms with Gasteiger partial charge in [0.2, 0.25) is 0 Å². The number of carbonyl (C=O) groups is 2. The summed E-state index contributed by atoms with van der Waals surface area (Å²) in [5.74, 6) is 1.93. The van der Waals surface area contributed by atoms with Crippen LogP contribution in [-0.2, 0) is 4.79 Å². The number of rotatable bonds is 6. The van der Waals surface area contributed by atoms with E-state index in [0.717, 1.165) is 37.1 Å². The van der Waals surface area contributed by atoms with Crippen LogP contribution in [-0.4, -0.2) is 41.1 Å². The van der Waals surface area contributed by atoms with Crippen molar-refractivity contribution in [2.45, 2.75) is 63.8 Å². The van der Waals surface area contributed by atoms with Gasteiger partial charge in [-0.3, -0.25) is 4.79 Å². The molecule has 4 atom stereocenters. The SMILES string of the molecule is O=C(O)CCCNC(=O)N1CCCC1CC1CC2CCC1C2. The Bertz CT molecular complexity index is 426. The monoisotopic (exact) mass is 308 g/mol. The summed E-state index contributed by atoms with van der Waals surface area (Å²) < 4.78 is 0. The predicted molar refractivity (Wildman–Crippen MR) is 83.6 cm³/mol. The molecule has 22 heavy (non-hydrogen) atoms. The number of fused-ring (bicyclic) bond motifs is 2. The first-order valence-electron chi connectivity index (χ1n) is 8.89. The molecule has 3 fully saturated rings. The Hall–Kier alpha value is -1.26. The average molecular weight is 308 g/mol. The fraction of sp³-hybridized carbons (Fsp3) is 0.882. The zero-order chi connectivity index (χ0) is 15.5. The fourth-order valence-electron chi connectivity index (χ4n) is 4.90. The van der Waals surface area contributed by atoms with Gasteiger partial charge in [0.15, 0.2) is 0 Å². The summed E-state index contributed by atoms with van der Waals surface area (Å²) in [7, 11) is 0. The maximum atomic E-state index is 12.3. The van der Waals surface area contributed by atoms with E-state index in [1.54, 1.807) is 0 Å². The van der Waals surface area contributed by atoms with Crippen molar-refractivity contribution in [3.8, 4) is 0 Å². The predicted octanol–water partition coefficient (Wildman–Crippen LogP) is 2.85. The Balaban J connectivity index is 1.43. The zero-order valence-corrected chi connectivity index (χ0v) is 13.3. The lowest BCUT2D eigenvalue weighted by Crippen LogP contribution is -2.44. The number of amides is 2. The number of carboxylic acid groups (broad SMARTS) is 1. The van der Waals surface area contributed by atoms with Gasteiger partial charge in [-0.05, 0) is 62.7 Å². The van der Waals surface area contributed by atoms with Gasteiger partial charge in [0.25, 0.3) is 0 Å². The summed E-state index contributed by atoms with van der Waals surface area (Å²) in [5.41, 5.74) is 0. The van der Waals surface area contributed by atoms with Gasteiger partial charge in [-0.25, -0.2) is 4.79 Å². The summed E-state index contributed by atoms with van der Waals surface area (Å²) in [4.78, 5) is 24.8. The maximum absolute atomic E-state index is 12.3. The van der Waals surface area contributed by atoms with Crippen LogP contribution in [0, 0.1) is 17.8 Å². The van der Waals surface area contributed by atoms with E-state index in [2.05, 4.69) is 5.32 Å². The standard InChI is InChI=1S/C17H28N2O3/c20-16(21)4-1-7-18-17(22)19-8-2-3-15(19)11-14-10-12-5-6-13(14)9-12/h12-15H,1-11H2,(H,18,22)(H,20,21). The van der Waals surface area contributed by atoms with Crippen molar-refractivity contribution >= 4 is 12.0 Å². The Kier molecular flexibility index (Phi) is 4.89. The molecule has 3 aliphatic rings. The molecule has 2 amide bonds. The van der Waals surface area contributed by atoms with Gasteiger partial charge in [-0.2, -0.15) is 0 Å². The fourth-order valence-corrected chi connectivity index (χ4v) is 4.90. The first-order valence-corrected chi connectivity index (χ1v) is 8.89. The summed E-state index contributed by atoms with van der Waals surface area (Å²) >= 11 is 0. The van der Waals surface area contributed by atoms with Gasteiger partial charge < -0.3 is 15.3 Å². The number of hydrogen-bond acceptors (Lipinski definition) is 2. The van der Waals surface area contributed by atoms with Crippen molar-refractivity contribution in [2.75, 3.05) is 13.1 Å². The number of carboxylic acids is 1. The Morgan fingerprint density at radius 2 is 2.05 bits per heavy atom. The summed E-state index contributed by atoms with van der Waals surface area (Å²) in [5, 5.41) is 11.5. The molecular formula is C17H28N2O3. The zero-order valence-electron chi connectivity index (χ0n) is 13.3. The van der Waals surface area contributed by atoms with Gasteiger partial charge in [0.1, 0.15) is 0 Å². The highest BCUT2D eigenvalue weighted by atomic mass is 16.4. The van der Waals surface area contributed by atoms with Crippen molar-refractivity contribution < 1.29 is 14.7 Å². The highest BCUT2D eigenvalue weighted by molar-refractivity contribution is 5.75. The molecule has 3 rings (SSSR count). The van der Waals surface area contributed by atoms with Gasteiger partial charge >= 0.3 is 12.0 Å². The Labute approximate surface area is 132 Å². The smallest absolute Gasteiger partial charge is 0.317 e. The molecule has 0 radical (unpaired) electrons. The third-order valence-electron chi connectivity index (χ3n) is 5.94. The first-order chi connectivity index (χ1) is 10.6. The van der Waals surface area contributed by atoms with E-state index in [1.807, 2.05) is 4.90 Å². The van der Waals surface area contributed by atoms with E-state index in [4.69, 9.17) is 5.11 Å². The van der Waals surface area contributed by atoms with Crippen LogP contribution < -0.4 is 5.32 Å². The highest BCUT2D eigenvalue weighted by Crippen LogP contribution is 2.50. The molecule has 0 aromatic rings. The lowest BCUT2D eigenvalue weighted by Gasteiger charge is -2.30. The van der Waals surface area contributed by atoms with Crippen molar-refractivity contribution in [3.05, 3.63) is 0 Å². The third kappa shape index (κ3) is 3.55. The van der Waals surface area contributed by atoms with Gasteiger partial charge in [-0.15, -0.1) is 0 Å². The lowest BCUT2D eigenvalue weighted by atomic mass is 9.84. The summed E-state index contributed by atoms with van der Waals surface area (Å²) in [6.07, 6.45) is 9.70. The number of urea groups is 1. The molecule has 2 bridgehead atoms. The molecule has 1 aliphatic heterocycles. The van der Waals surface area contributed by atoms with Crippen molar-refractivity contribution in [1.29, 1.82) is 0 Å². The van der Waals surface area contributed by atoms with Crippen LogP contribution in [0.5, 0.6) is 0 Å². The van der Waals surface area contributed by atoms with Crippen molar-refractivity contribution in [1.82, 2.24) is 10.2 Å². The van der Waals surface area contributed by atoms with Crippen LogP contribution in [0.2, 0.25) is 0 Å². The minimum Gasteiger partial charge on any atom is -0.481 e. The van der Waals surface area contributed by atoms with Gasteiger partial charge in [0, 0.05) is 25.6 Å². The second-order valence-corrected chi connectivity index (χ2v) is 7.39. The van der Waals surface area contributed by atoms with E-state index >= 15 is 0 Å². The topological polar surface area (TPSA) is 69.6 Å². The summed E-state index contributed by atoms with van der Waals surface area (Å²) in [6.45, 7) is 1.32. The molecule has 0 spiro atoms. The number of aliphatic carboxylic acids is 1. The third-order valence-corrected chi connectivity index (χ3v) is 5.94. The van der Waals surface area contributed by atoms with Crippen LogP contribution in [0.25, 0.3) is 0 Å². The lowest BCUT2D eigenvalue weighted by molar-refractivity contribution is -0.137. The Morgan fingerprint density at radius 3 is 2.73 bits per heavy atom. The van der Waals surface area contributed by atoms with E-state index in [1.165, 1.54) is 32.1 Å². The number of hydrogen-bond donors (Lipinski definition) is 2. The first kappa shape index (κ1) is 15.6. The average Bonchev–Trinajstić information content (AvgIpc) is 3.19. The van der Waals surface area contributed by atoms with Crippen molar-refractivity contribution in [3.63, 3.8) is 0 Å². The number of nitrogens with one attached hydrogen (secondary N) is 1. The van der Waals surface area contributed by atoms with E-state index in [0.29, 0.717) is 19.0 Å². The molecule has 124 valence electrons. The number of carbonyl (C=O) groups excluding carboxylic acids is 1. The molecule has 0 aromatic heterocycles. The van der Waals surface area contributed by atoms with Crippen LogP contribution >= 0.6 is 0 Å². The number of nitrogens with zero attached hydrogens (tertiary/aromatic N) is 1. The van der Waals surface area contributed by atoms with E-state index in [9.17, 15) is 9.59 Å². The van der Waals surface area contributed by atoms with Crippen molar-refractivity contribution in [2.24, 2.45) is 17.8 Å². The molecule has 5 heteroatoms. The largest absolute Gasteiger partial charge is 0.481 e. The minimum atomic E-state index is -0.801. The van der Waals surface area contributed by atoms with Crippen LogP contribution in [0.4, 0.5) is 4.79 Å². The van der Waals surface area contributed by atoms with Crippen LogP contribution in [0.15, 0.2) is 0 Å². The molecular weight excluding hydrogens is 280 g/mol. The number of likely N-dealkylation sites (tertiary alicyclic amines) is 1. The molecule has 1 saturated heterocycles. The Morgan fingerprint density at radius 1 is 1.18 bits per heavy atom. The normalized spacial score (nSPS) is 33.4. The maximum Gasteiger partial charge on any atom is 0.317 e. The summed E-state index contributed by atoms with van der Waals surface area (Å²) in [6, 6.07) is 0.417. The molecule has 5 nitrogen and oxygen atoms in total. The molecule has 2 saturated carbocycles. The molecule has 2 aliphatic carbocycles. The second kappa shape index (κ2) is 6.88. The van der Waals surface area contributed by atoms with E-state index in [-0.39, 0.29) is 12.5 Å². The highest BCUT2D eigenvalue weighted by Gasteiger charge is 2.42. The quantitative estimate of drug-likeness (QED) is 0.741. The molecule has 2 N–H and O–H groups in total. The molecule has 1 heterocycles. The molecule has 4 unspecified atom stereocenters. The van der Waals surface area contributed by atoms with Crippen LogP contribution in [0.1, 0.15) is 57.8 Å². The van der Waals surface area contributed by atoms with Crippen LogP contribution in [0.3, 0.4) is 0 Å².